The van der Waals surface area contributed by atoms with Crippen LogP contribution < -0.4 is 10.1 Å². The third kappa shape index (κ3) is 2.90. The molecule has 0 amide bonds. The van der Waals surface area contributed by atoms with Crippen LogP contribution in [-0.2, 0) is 6.54 Å². The lowest BCUT2D eigenvalue weighted by Crippen LogP contribution is -2.51. The first kappa shape index (κ1) is 12.9. The Hall–Kier alpha value is -1.13. The number of methoxy groups -OCH3 is 1. The van der Waals surface area contributed by atoms with Gasteiger partial charge in [-0.2, -0.15) is 0 Å². The van der Waals surface area contributed by atoms with Crippen molar-refractivity contribution in [1.29, 1.82) is 0 Å². The van der Waals surface area contributed by atoms with Gasteiger partial charge in [-0.15, -0.1) is 0 Å². The summed E-state index contributed by atoms with van der Waals surface area (Å²) < 4.78 is 19.2. The van der Waals surface area contributed by atoms with Gasteiger partial charge < -0.3 is 10.1 Å². The van der Waals surface area contributed by atoms with Crippen molar-refractivity contribution in [3.63, 3.8) is 0 Å². The molecule has 104 valence electrons. The van der Waals surface area contributed by atoms with Gasteiger partial charge in [-0.25, -0.2) is 4.39 Å². The van der Waals surface area contributed by atoms with Gasteiger partial charge in [0.2, 0.25) is 0 Å². The molecule has 1 aromatic rings. The average Bonchev–Trinajstić information content (AvgIpc) is 3.26. The van der Waals surface area contributed by atoms with Gasteiger partial charge in [0.05, 0.1) is 7.11 Å². The molecule has 0 bridgehead atoms. The Morgan fingerprint density at radius 2 is 2.26 bits per heavy atom. The summed E-state index contributed by atoms with van der Waals surface area (Å²) in [7, 11) is 1.51. The van der Waals surface area contributed by atoms with E-state index in [9.17, 15) is 4.39 Å². The van der Waals surface area contributed by atoms with Crippen molar-refractivity contribution in [2.75, 3.05) is 26.7 Å². The Balaban J connectivity index is 1.67. The zero-order valence-corrected chi connectivity index (χ0v) is 11.4. The average molecular weight is 264 g/mol. The molecule has 0 aromatic heterocycles. The van der Waals surface area contributed by atoms with Crippen LogP contribution in [0.1, 0.15) is 18.4 Å². The highest BCUT2D eigenvalue weighted by atomic mass is 19.1. The van der Waals surface area contributed by atoms with Crippen molar-refractivity contribution in [2.24, 2.45) is 5.92 Å². The molecule has 1 aliphatic heterocycles. The fourth-order valence-electron chi connectivity index (χ4n) is 2.88. The largest absolute Gasteiger partial charge is 0.494 e. The first-order chi connectivity index (χ1) is 9.28. The SMILES string of the molecule is COc1cccc(CN2CCNC(C3CC3)C2)c1F. The van der Waals surface area contributed by atoms with Gasteiger partial charge in [0.1, 0.15) is 0 Å². The van der Waals surface area contributed by atoms with Gasteiger partial charge >= 0.3 is 0 Å². The van der Waals surface area contributed by atoms with Crippen molar-refractivity contribution < 1.29 is 9.13 Å². The number of ether oxygens (including phenoxy) is 1. The number of rotatable bonds is 4. The first-order valence-corrected chi connectivity index (χ1v) is 7.05. The van der Waals surface area contributed by atoms with Crippen LogP contribution in [0.3, 0.4) is 0 Å². The molecule has 1 aliphatic carbocycles. The lowest BCUT2D eigenvalue weighted by molar-refractivity contribution is 0.179. The molecule has 2 aliphatic rings. The van der Waals surface area contributed by atoms with E-state index in [-0.39, 0.29) is 5.82 Å². The summed E-state index contributed by atoms with van der Waals surface area (Å²) in [6.07, 6.45) is 2.69. The second-order valence-electron chi connectivity index (χ2n) is 5.57. The van der Waals surface area contributed by atoms with E-state index in [0.717, 1.165) is 31.1 Å². The van der Waals surface area contributed by atoms with E-state index in [1.807, 2.05) is 12.1 Å². The van der Waals surface area contributed by atoms with Crippen molar-refractivity contribution in [2.45, 2.75) is 25.4 Å². The van der Waals surface area contributed by atoms with E-state index >= 15 is 0 Å². The maximum Gasteiger partial charge on any atom is 0.169 e. The molecule has 1 heterocycles. The summed E-state index contributed by atoms with van der Waals surface area (Å²) in [5, 5.41) is 3.57. The molecule has 1 aromatic carbocycles. The van der Waals surface area contributed by atoms with Gasteiger partial charge in [0.15, 0.2) is 11.6 Å². The second-order valence-corrected chi connectivity index (χ2v) is 5.57. The first-order valence-electron chi connectivity index (χ1n) is 7.05. The molecule has 1 saturated carbocycles. The molecule has 3 nitrogen and oxygen atoms in total. The van der Waals surface area contributed by atoms with Crippen LogP contribution in [-0.4, -0.2) is 37.7 Å². The summed E-state index contributed by atoms with van der Waals surface area (Å²) in [5.41, 5.74) is 0.732. The minimum absolute atomic E-state index is 0.216. The Morgan fingerprint density at radius 1 is 1.42 bits per heavy atom. The van der Waals surface area contributed by atoms with E-state index in [1.54, 1.807) is 6.07 Å². The number of benzene rings is 1. The van der Waals surface area contributed by atoms with Gasteiger partial charge in [-0.05, 0) is 24.8 Å². The lowest BCUT2D eigenvalue weighted by atomic mass is 10.1. The fourth-order valence-corrected chi connectivity index (χ4v) is 2.88. The molecule has 0 spiro atoms. The summed E-state index contributed by atoms with van der Waals surface area (Å²) in [4.78, 5) is 2.34. The molecule has 1 unspecified atom stereocenters. The van der Waals surface area contributed by atoms with Crippen molar-refractivity contribution >= 4 is 0 Å². The summed E-state index contributed by atoms with van der Waals surface area (Å²) in [6, 6.07) is 5.98. The topological polar surface area (TPSA) is 24.5 Å². The Morgan fingerprint density at radius 3 is 3.00 bits per heavy atom. The highest BCUT2D eigenvalue weighted by Gasteiger charge is 2.34. The minimum atomic E-state index is -0.216. The highest BCUT2D eigenvalue weighted by molar-refractivity contribution is 5.31. The number of nitrogens with one attached hydrogen (secondary N) is 1. The molecule has 2 fully saturated rings. The normalized spacial score (nSPS) is 24.4. The van der Waals surface area contributed by atoms with Crippen LogP contribution in [0.25, 0.3) is 0 Å². The predicted molar refractivity (Wildman–Crippen MR) is 72.7 cm³/mol. The van der Waals surface area contributed by atoms with E-state index < -0.39 is 0 Å². The van der Waals surface area contributed by atoms with Crippen LogP contribution in [0.2, 0.25) is 0 Å². The molecule has 0 radical (unpaired) electrons. The van der Waals surface area contributed by atoms with Crippen molar-refractivity contribution in [3.05, 3.63) is 29.6 Å². The molecular weight excluding hydrogens is 243 g/mol. The number of halogens is 1. The third-order valence-electron chi connectivity index (χ3n) is 4.14. The molecule has 3 rings (SSSR count). The Bertz CT molecular complexity index is 448. The quantitative estimate of drug-likeness (QED) is 0.900. The van der Waals surface area contributed by atoms with Crippen LogP contribution in [0.4, 0.5) is 4.39 Å². The smallest absolute Gasteiger partial charge is 0.169 e. The molecule has 1 saturated heterocycles. The van der Waals surface area contributed by atoms with Crippen molar-refractivity contribution in [3.8, 4) is 5.75 Å². The number of hydrogen-bond acceptors (Lipinski definition) is 3. The van der Waals surface area contributed by atoms with Gasteiger partial charge in [-0.3, -0.25) is 4.90 Å². The van der Waals surface area contributed by atoms with Gasteiger partial charge in [0, 0.05) is 37.8 Å². The number of hydrogen-bond donors (Lipinski definition) is 1. The third-order valence-corrected chi connectivity index (χ3v) is 4.14. The molecule has 19 heavy (non-hydrogen) atoms. The van der Waals surface area contributed by atoms with E-state index in [1.165, 1.54) is 20.0 Å². The van der Waals surface area contributed by atoms with Crippen LogP contribution in [0, 0.1) is 11.7 Å². The molecule has 4 heteroatoms. The summed E-state index contributed by atoms with van der Waals surface area (Å²) in [6.45, 7) is 3.70. The number of piperazine rings is 1. The van der Waals surface area contributed by atoms with E-state index in [4.69, 9.17) is 4.74 Å². The molecule has 1 N–H and O–H groups in total. The Kier molecular flexibility index (Phi) is 3.71. The fraction of sp³-hybridized carbons (Fsp3) is 0.600. The Labute approximate surface area is 113 Å². The van der Waals surface area contributed by atoms with Crippen LogP contribution >= 0.6 is 0 Å². The zero-order valence-electron chi connectivity index (χ0n) is 11.4. The molecular formula is C15H21FN2O. The van der Waals surface area contributed by atoms with Gasteiger partial charge in [0.25, 0.3) is 0 Å². The van der Waals surface area contributed by atoms with Crippen molar-refractivity contribution in [1.82, 2.24) is 10.2 Å². The zero-order chi connectivity index (χ0) is 13.2. The number of nitrogens with zero attached hydrogens (tertiary/aromatic N) is 1. The van der Waals surface area contributed by atoms with Crippen LogP contribution in [0.5, 0.6) is 5.75 Å². The second kappa shape index (κ2) is 5.47. The lowest BCUT2D eigenvalue weighted by Gasteiger charge is -2.34. The van der Waals surface area contributed by atoms with Crippen LogP contribution in [0.15, 0.2) is 18.2 Å². The molecule has 1 atom stereocenters. The minimum Gasteiger partial charge on any atom is -0.494 e. The van der Waals surface area contributed by atoms with Gasteiger partial charge in [-0.1, -0.05) is 12.1 Å². The monoisotopic (exact) mass is 264 g/mol. The maximum atomic E-state index is 14.1. The van der Waals surface area contributed by atoms with E-state index in [0.29, 0.717) is 18.3 Å². The predicted octanol–water partition coefficient (Wildman–Crippen LogP) is 2.02. The standard InChI is InChI=1S/C15H21FN2O/c1-19-14-4-2-3-12(15(14)16)9-18-8-7-17-13(10-18)11-5-6-11/h2-4,11,13,17H,5-10H2,1H3. The maximum absolute atomic E-state index is 14.1. The summed E-state index contributed by atoms with van der Waals surface area (Å²) >= 11 is 0. The highest BCUT2D eigenvalue weighted by Crippen LogP contribution is 2.34. The summed E-state index contributed by atoms with van der Waals surface area (Å²) in [5.74, 6) is 0.968. The van der Waals surface area contributed by atoms with E-state index in [2.05, 4.69) is 10.2 Å².